The highest BCUT2D eigenvalue weighted by atomic mass is 16.5. The summed E-state index contributed by atoms with van der Waals surface area (Å²) in [6.45, 7) is 3.88. The average molecular weight is 400 g/mol. The van der Waals surface area contributed by atoms with Crippen LogP contribution in [0.15, 0.2) is 66.9 Å². The minimum absolute atomic E-state index is 0.160. The maximum atomic E-state index is 12.8. The fraction of sp³-hybridized carbons (Fsp3) is 0.130. The number of hydrogen-bond donors (Lipinski definition) is 1. The van der Waals surface area contributed by atoms with E-state index in [-0.39, 0.29) is 23.9 Å². The molecule has 7 nitrogen and oxygen atoms in total. The predicted octanol–water partition coefficient (Wildman–Crippen LogP) is 4.16. The van der Waals surface area contributed by atoms with Gasteiger partial charge in [-0.05, 0) is 44.2 Å². The zero-order valence-corrected chi connectivity index (χ0v) is 16.6. The second-order valence-corrected chi connectivity index (χ2v) is 6.72. The first-order valence-corrected chi connectivity index (χ1v) is 9.56. The highest BCUT2D eigenvalue weighted by Gasteiger charge is 2.22. The van der Waals surface area contributed by atoms with E-state index in [0.717, 1.165) is 16.5 Å². The molecule has 0 radical (unpaired) electrons. The lowest BCUT2D eigenvalue weighted by molar-refractivity contribution is 0.0527. The van der Waals surface area contributed by atoms with Crippen LogP contribution < -0.4 is 5.32 Å². The molecule has 2 aromatic carbocycles. The summed E-state index contributed by atoms with van der Waals surface area (Å²) >= 11 is 0. The van der Waals surface area contributed by atoms with Crippen molar-refractivity contribution in [2.24, 2.45) is 0 Å². The Labute approximate surface area is 173 Å². The SMILES string of the molecule is CCOC(=O)c1cnn(-c2ccc3ccccc3n2)c1NC(=O)c1ccc(C)cc1. The topological polar surface area (TPSA) is 86.1 Å². The Morgan fingerprint density at radius 2 is 1.80 bits per heavy atom. The van der Waals surface area contributed by atoms with Crippen LogP contribution in [-0.2, 0) is 4.74 Å². The quantitative estimate of drug-likeness (QED) is 0.509. The van der Waals surface area contributed by atoms with Crippen LogP contribution in [0.25, 0.3) is 16.7 Å². The minimum atomic E-state index is -0.566. The molecule has 0 unspecified atom stereocenters. The molecule has 150 valence electrons. The first-order valence-electron chi connectivity index (χ1n) is 9.56. The van der Waals surface area contributed by atoms with E-state index >= 15 is 0 Å². The molecule has 30 heavy (non-hydrogen) atoms. The number of anilines is 1. The molecule has 1 amide bonds. The number of amides is 1. The fourth-order valence-electron chi connectivity index (χ4n) is 3.06. The van der Waals surface area contributed by atoms with Crippen LogP contribution in [0.1, 0.15) is 33.2 Å². The average Bonchev–Trinajstić information content (AvgIpc) is 3.17. The third kappa shape index (κ3) is 3.77. The van der Waals surface area contributed by atoms with E-state index < -0.39 is 5.97 Å². The number of carbonyl (C=O) groups excluding carboxylic acids is 2. The number of nitrogens with zero attached hydrogens (tertiary/aromatic N) is 3. The van der Waals surface area contributed by atoms with E-state index in [0.29, 0.717) is 11.4 Å². The molecular weight excluding hydrogens is 380 g/mol. The number of pyridine rings is 1. The highest BCUT2D eigenvalue weighted by molar-refractivity contribution is 6.07. The van der Waals surface area contributed by atoms with E-state index in [9.17, 15) is 9.59 Å². The number of rotatable bonds is 5. The maximum absolute atomic E-state index is 12.8. The zero-order chi connectivity index (χ0) is 21.1. The molecule has 0 aliphatic heterocycles. The molecule has 4 aromatic rings. The molecule has 0 saturated heterocycles. The summed E-state index contributed by atoms with van der Waals surface area (Å²) in [4.78, 5) is 29.9. The van der Waals surface area contributed by atoms with E-state index in [2.05, 4.69) is 15.4 Å². The molecule has 1 N–H and O–H groups in total. The molecule has 0 aliphatic carbocycles. The van der Waals surface area contributed by atoms with Crippen molar-refractivity contribution in [1.29, 1.82) is 0 Å². The van der Waals surface area contributed by atoms with Crippen LogP contribution in [-0.4, -0.2) is 33.2 Å². The first-order chi connectivity index (χ1) is 14.6. The van der Waals surface area contributed by atoms with Crippen LogP contribution in [0.2, 0.25) is 0 Å². The smallest absolute Gasteiger partial charge is 0.343 e. The van der Waals surface area contributed by atoms with Crippen molar-refractivity contribution in [3.05, 3.63) is 83.6 Å². The monoisotopic (exact) mass is 400 g/mol. The second-order valence-electron chi connectivity index (χ2n) is 6.72. The van der Waals surface area contributed by atoms with Gasteiger partial charge < -0.3 is 10.1 Å². The van der Waals surface area contributed by atoms with Gasteiger partial charge in [-0.15, -0.1) is 0 Å². The normalized spacial score (nSPS) is 10.7. The summed E-state index contributed by atoms with van der Waals surface area (Å²) in [6, 6.07) is 18.5. The number of esters is 1. The van der Waals surface area contributed by atoms with Crippen LogP contribution >= 0.6 is 0 Å². The van der Waals surface area contributed by atoms with Gasteiger partial charge in [-0.25, -0.2) is 9.78 Å². The lowest BCUT2D eigenvalue weighted by atomic mass is 10.1. The Bertz CT molecular complexity index is 1230. The van der Waals surface area contributed by atoms with Crippen molar-refractivity contribution >= 4 is 28.6 Å². The number of aromatic nitrogens is 3. The molecule has 0 spiro atoms. The van der Waals surface area contributed by atoms with E-state index in [1.54, 1.807) is 25.1 Å². The maximum Gasteiger partial charge on any atom is 0.343 e. The standard InChI is InChI=1S/C23H20N4O3/c1-3-30-23(29)18-14-24-27(20-13-12-16-6-4-5-7-19(16)25-20)21(18)26-22(28)17-10-8-15(2)9-11-17/h4-14H,3H2,1-2H3,(H,26,28). The van der Waals surface area contributed by atoms with Gasteiger partial charge in [0.25, 0.3) is 5.91 Å². The first kappa shape index (κ1) is 19.3. The van der Waals surface area contributed by atoms with Gasteiger partial charge in [-0.2, -0.15) is 9.78 Å². The van der Waals surface area contributed by atoms with E-state index in [1.165, 1.54) is 10.9 Å². The largest absolute Gasteiger partial charge is 0.462 e. The van der Waals surface area contributed by atoms with E-state index in [4.69, 9.17) is 4.74 Å². The van der Waals surface area contributed by atoms with Crippen molar-refractivity contribution in [3.63, 3.8) is 0 Å². The molecule has 0 bridgehead atoms. The Hall–Kier alpha value is -4.00. The second kappa shape index (κ2) is 8.16. The Morgan fingerprint density at radius 3 is 2.57 bits per heavy atom. The molecule has 7 heteroatoms. The number of fused-ring (bicyclic) bond motifs is 1. The minimum Gasteiger partial charge on any atom is -0.462 e. The Kier molecular flexibility index (Phi) is 5.26. The molecule has 0 saturated carbocycles. The van der Waals surface area contributed by atoms with Crippen molar-refractivity contribution in [1.82, 2.24) is 14.8 Å². The summed E-state index contributed by atoms with van der Waals surface area (Å²) in [5.74, 6) is -0.239. The third-order valence-corrected chi connectivity index (χ3v) is 4.61. The molecule has 0 aliphatic rings. The van der Waals surface area contributed by atoms with Gasteiger partial charge in [0.15, 0.2) is 11.6 Å². The molecule has 2 aromatic heterocycles. The zero-order valence-electron chi connectivity index (χ0n) is 16.6. The number of hydrogen-bond acceptors (Lipinski definition) is 5. The van der Waals surface area contributed by atoms with E-state index in [1.807, 2.05) is 49.4 Å². The van der Waals surface area contributed by atoms with Crippen LogP contribution in [0.4, 0.5) is 5.82 Å². The Morgan fingerprint density at radius 1 is 1.03 bits per heavy atom. The number of nitrogens with one attached hydrogen (secondary N) is 1. The number of para-hydroxylation sites is 1. The van der Waals surface area contributed by atoms with Gasteiger partial charge in [0.2, 0.25) is 0 Å². The summed E-state index contributed by atoms with van der Waals surface area (Å²) < 4.78 is 6.56. The van der Waals surface area contributed by atoms with Gasteiger partial charge in [0.05, 0.1) is 18.3 Å². The summed E-state index contributed by atoms with van der Waals surface area (Å²) in [7, 11) is 0. The number of aryl methyl sites for hydroxylation is 1. The summed E-state index contributed by atoms with van der Waals surface area (Å²) in [6.07, 6.45) is 1.37. The van der Waals surface area contributed by atoms with Crippen LogP contribution in [0.3, 0.4) is 0 Å². The summed E-state index contributed by atoms with van der Waals surface area (Å²) in [5, 5.41) is 8.07. The van der Waals surface area contributed by atoms with Gasteiger partial charge in [0.1, 0.15) is 5.56 Å². The lowest BCUT2D eigenvalue weighted by Gasteiger charge is -2.11. The molecule has 0 atom stereocenters. The van der Waals surface area contributed by atoms with Crippen molar-refractivity contribution < 1.29 is 14.3 Å². The van der Waals surface area contributed by atoms with Crippen molar-refractivity contribution in [3.8, 4) is 5.82 Å². The fourth-order valence-corrected chi connectivity index (χ4v) is 3.06. The van der Waals surface area contributed by atoms with Gasteiger partial charge in [-0.3, -0.25) is 4.79 Å². The van der Waals surface area contributed by atoms with Crippen LogP contribution in [0.5, 0.6) is 0 Å². The lowest BCUT2D eigenvalue weighted by Crippen LogP contribution is -2.18. The van der Waals surface area contributed by atoms with Crippen molar-refractivity contribution in [2.75, 3.05) is 11.9 Å². The molecule has 4 rings (SSSR count). The van der Waals surface area contributed by atoms with Gasteiger partial charge in [-0.1, -0.05) is 35.9 Å². The number of benzene rings is 2. The molecular formula is C23H20N4O3. The van der Waals surface area contributed by atoms with Crippen molar-refractivity contribution in [2.45, 2.75) is 13.8 Å². The number of carbonyl (C=O) groups is 2. The number of ether oxygens (including phenoxy) is 1. The molecule has 2 heterocycles. The molecule has 0 fully saturated rings. The van der Waals surface area contributed by atoms with Gasteiger partial charge in [0, 0.05) is 10.9 Å². The van der Waals surface area contributed by atoms with Crippen LogP contribution in [0, 0.1) is 6.92 Å². The summed E-state index contributed by atoms with van der Waals surface area (Å²) in [5.41, 5.74) is 2.45. The van der Waals surface area contributed by atoms with Gasteiger partial charge >= 0.3 is 5.97 Å². The highest BCUT2D eigenvalue weighted by Crippen LogP contribution is 2.23. The predicted molar refractivity (Wildman–Crippen MR) is 114 cm³/mol. The Balaban J connectivity index is 1.77. The third-order valence-electron chi connectivity index (χ3n) is 4.61.